The first-order valence-electron chi connectivity index (χ1n) is 6.41. The molecule has 1 aliphatic rings. The van der Waals surface area contributed by atoms with E-state index in [1.165, 1.54) is 12.1 Å². The summed E-state index contributed by atoms with van der Waals surface area (Å²) in [6.07, 6.45) is 5.47. The van der Waals surface area contributed by atoms with Gasteiger partial charge in [-0.3, -0.25) is 0 Å². The lowest BCUT2D eigenvalue weighted by molar-refractivity contribution is -0.0498. The number of benzene rings is 1. The molecule has 1 saturated carbocycles. The molecule has 2 rings (SSSR count). The molecule has 1 fully saturated rings. The number of allylic oxidation sites excluding steroid dienone is 3. The third-order valence-corrected chi connectivity index (χ3v) is 3.09. The van der Waals surface area contributed by atoms with Crippen LogP contribution in [0.2, 0.25) is 0 Å². The second kappa shape index (κ2) is 6.67. The molecule has 106 valence electrons. The number of ether oxygens (including phenoxy) is 1. The summed E-state index contributed by atoms with van der Waals surface area (Å²) in [5.74, 6) is 0.367. The van der Waals surface area contributed by atoms with Gasteiger partial charge in [0.1, 0.15) is 23.5 Å². The molecule has 1 aromatic rings. The Bertz CT molecular complexity index is 628. The maximum absolute atomic E-state index is 12.0. The summed E-state index contributed by atoms with van der Waals surface area (Å²) in [5.41, 5.74) is 1.66. The standard InChI is InChI=1S/C16H12F2N2O/c17-16(18)21-14-6-1-11(2-7-14)3-8-15(12-4-5-12)13(9-19)10-20/h1-3,6-8,12,16H,4-5H2. The van der Waals surface area contributed by atoms with Crippen LogP contribution in [0, 0.1) is 28.6 Å². The molecule has 0 aliphatic heterocycles. The number of hydrogen-bond donors (Lipinski definition) is 0. The van der Waals surface area contributed by atoms with Crippen molar-refractivity contribution in [2.75, 3.05) is 0 Å². The summed E-state index contributed by atoms with van der Waals surface area (Å²) in [4.78, 5) is 0. The Hall–Kier alpha value is -2.66. The number of rotatable bonds is 5. The normalized spacial score (nSPS) is 13.8. The van der Waals surface area contributed by atoms with Crippen LogP contribution < -0.4 is 4.74 Å². The van der Waals surface area contributed by atoms with Crippen LogP contribution in [0.25, 0.3) is 6.08 Å². The summed E-state index contributed by atoms with van der Waals surface area (Å²) < 4.78 is 28.3. The smallest absolute Gasteiger partial charge is 0.387 e. The number of hydrogen-bond acceptors (Lipinski definition) is 3. The Morgan fingerprint density at radius 3 is 2.29 bits per heavy atom. The number of halogens is 2. The Morgan fingerprint density at radius 2 is 1.81 bits per heavy atom. The van der Waals surface area contributed by atoms with E-state index >= 15 is 0 Å². The largest absolute Gasteiger partial charge is 0.435 e. The molecule has 0 spiro atoms. The van der Waals surface area contributed by atoms with E-state index in [1.807, 2.05) is 12.1 Å². The SMILES string of the molecule is N#CC(C#N)=C(C=Cc1ccc(OC(F)F)cc1)C1CC1. The summed E-state index contributed by atoms with van der Waals surface area (Å²) in [6.45, 7) is -2.84. The van der Waals surface area contributed by atoms with Gasteiger partial charge in [0, 0.05) is 0 Å². The van der Waals surface area contributed by atoms with Gasteiger partial charge in [-0.1, -0.05) is 24.3 Å². The molecule has 0 aromatic heterocycles. The van der Waals surface area contributed by atoms with Gasteiger partial charge in [0.05, 0.1) is 0 Å². The number of nitriles is 2. The first kappa shape index (κ1) is 14.7. The van der Waals surface area contributed by atoms with E-state index in [9.17, 15) is 8.78 Å². The highest BCUT2D eigenvalue weighted by Crippen LogP contribution is 2.38. The van der Waals surface area contributed by atoms with E-state index in [4.69, 9.17) is 10.5 Å². The van der Waals surface area contributed by atoms with Gasteiger partial charge >= 0.3 is 6.61 Å². The van der Waals surface area contributed by atoms with Gasteiger partial charge in [0.2, 0.25) is 0 Å². The third-order valence-electron chi connectivity index (χ3n) is 3.09. The Kier molecular flexibility index (Phi) is 4.68. The highest BCUT2D eigenvalue weighted by Gasteiger charge is 2.27. The lowest BCUT2D eigenvalue weighted by Crippen LogP contribution is -2.01. The lowest BCUT2D eigenvalue weighted by Gasteiger charge is -2.04. The predicted molar refractivity (Wildman–Crippen MR) is 73.1 cm³/mol. The lowest BCUT2D eigenvalue weighted by atomic mass is 10.0. The number of alkyl halides is 2. The van der Waals surface area contributed by atoms with E-state index < -0.39 is 6.61 Å². The van der Waals surface area contributed by atoms with E-state index in [0.29, 0.717) is 0 Å². The molecule has 1 aliphatic carbocycles. The zero-order chi connectivity index (χ0) is 15.2. The van der Waals surface area contributed by atoms with Crippen molar-refractivity contribution in [3.05, 3.63) is 47.1 Å². The second-order valence-electron chi connectivity index (χ2n) is 4.61. The van der Waals surface area contributed by atoms with Crippen molar-refractivity contribution in [3.8, 4) is 17.9 Å². The average Bonchev–Trinajstić information content (AvgIpc) is 3.29. The maximum atomic E-state index is 12.0. The summed E-state index contributed by atoms with van der Waals surface area (Å²) in [6, 6.07) is 9.97. The molecule has 21 heavy (non-hydrogen) atoms. The molecule has 0 atom stereocenters. The van der Waals surface area contributed by atoms with Gasteiger partial charge in [0.25, 0.3) is 0 Å². The maximum Gasteiger partial charge on any atom is 0.387 e. The second-order valence-corrected chi connectivity index (χ2v) is 4.61. The Morgan fingerprint density at radius 1 is 1.19 bits per heavy atom. The van der Waals surface area contributed by atoms with Crippen molar-refractivity contribution >= 4 is 6.08 Å². The third kappa shape index (κ3) is 4.15. The van der Waals surface area contributed by atoms with E-state index in [2.05, 4.69) is 4.74 Å². The van der Waals surface area contributed by atoms with Crippen LogP contribution in [0.1, 0.15) is 18.4 Å². The van der Waals surface area contributed by atoms with Crippen LogP contribution in [-0.4, -0.2) is 6.61 Å². The Labute approximate surface area is 121 Å². The molecule has 0 radical (unpaired) electrons. The van der Waals surface area contributed by atoms with Crippen LogP contribution in [-0.2, 0) is 0 Å². The fourth-order valence-corrected chi connectivity index (χ4v) is 1.92. The zero-order valence-electron chi connectivity index (χ0n) is 11.1. The first-order chi connectivity index (χ1) is 10.1. The van der Waals surface area contributed by atoms with Crippen LogP contribution in [0.5, 0.6) is 5.75 Å². The van der Waals surface area contributed by atoms with Crippen LogP contribution in [0.4, 0.5) is 8.78 Å². The van der Waals surface area contributed by atoms with Gasteiger partial charge in [-0.05, 0) is 42.0 Å². The van der Waals surface area contributed by atoms with Crippen molar-refractivity contribution in [3.63, 3.8) is 0 Å². The van der Waals surface area contributed by atoms with Crippen molar-refractivity contribution in [2.24, 2.45) is 5.92 Å². The van der Waals surface area contributed by atoms with Gasteiger partial charge in [0.15, 0.2) is 0 Å². The number of nitrogens with zero attached hydrogens (tertiary/aromatic N) is 2. The van der Waals surface area contributed by atoms with Crippen LogP contribution in [0.15, 0.2) is 41.5 Å². The molecule has 0 saturated heterocycles. The monoisotopic (exact) mass is 286 g/mol. The van der Waals surface area contributed by atoms with Crippen LogP contribution in [0.3, 0.4) is 0 Å². The molecule has 0 N–H and O–H groups in total. The van der Waals surface area contributed by atoms with E-state index in [-0.39, 0.29) is 17.2 Å². The molecule has 3 nitrogen and oxygen atoms in total. The van der Waals surface area contributed by atoms with Gasteiger partial charge in [-0.25, -0.2) is 0 Å². The van der Waals surface area contributed by atoms with E-state index in [1.54, 1.807) is 24.3 Å². The zero-order valence-corrected chi connectivity index (χ0v) is 11.1. The van der Waals surface area contributed by atoms with Crippen molar-refractivity contribution in [2.45, 2.75) is 19.5 Å². The topological polar surface area (TPSA) is 56.8 Å². The van der Waals surface area contributed by atoms with E-state index in [0.717, 1.165) is 24.0 Å². The highest BCUT2D eigenvalue weighted by molar-refractivity contribution is 5.58. The minimum absolute atomic E-state index is 0.0925. The fraction of sp³-hybridized carbons (Fsp3) is 0.250. The van der Waals surface area contributed by atoms with Gasteiger partial charge in [-0.15, -0.1) is 0 Å². The molecule has 0 unspecified atom stereocenters. The van der Waals surface area contributed by atoms with Crippen molar-refractivity contribution in [1.82, 2.24) is 0 Å². The fourth-order valence-electron chi connectivity index (χ4n) is 1.92. The quantitative estimate of drug-likeness (QED) is 0.606. The minimum Gasteiger partial charge on any atom is -0.435 e. The molecule has 0 heterocycles. The summed E-state index contributed by atoms with van der Waals surface area (Å²) >= 11 is 0. The van der Waals surface area contributed by atoms with Gasteiger partial charge < -0.3 is 4.74 Å². The predicted octanol–water partition coefficient (Wildman–Crippen LogP) is 4.05. The van der Waals surface area contributed by atoms with Gasteiger partial charge in [-0.2, -0.15) is 19.3 Å². The Balaban J connectivity index is 2.15. The van der Waals surface area contributed by atoms with Crippen molar-refractivity contribution < 1.29 is 13.5 Å². The first-order valence-corrected chi connectivity index (χ1v) is 6.41. The molecule has 1 aromatic carbocycles. The van der Waals surface area contributed by atoms with Crippen LogP contribution >= 0.6 is 0 Å². The summed E-state index contributed by atoms with van der Waals surface area (Å²) in [5, 5.41) is 17.9. The molecular weight excluding hydrogens is 274 g/mol. The highest BCUT2D eigenvalue weighted by atomic mass is 19.3. The molecule has 5 heteroatoms. The average molecular weight is 286 g/mol. The molecule has 0 bridgehead atoms. The minimum atomic E-state index is -2.84. The molecule has 0 amide bonds. The van der Waals surface area contributed by atoms with Crippen molar-refractivity contribution in [1.29, 1.82) is 10.5 Å². The summed E-state index contributed by atoms with van der Waals surface area (Å²) in [7, 11) is 0. The molecular formula is C16H12F2N2O.